The summed E-state index contributed by atoms with van der Waals surface area (Å²) >= 11 is 0. The van der Waals surface area contributed by atoms with Crippen molar-refractivity contribution in [2.45, 2.75) is 83.2 Å². The number of hydrogen-bond donors (Lipinski definition) is 0. The van der Waals surface area contributed by atoms with Crippen molar-refractivity contribution in [3.63, 3.8) is 0 Å². The number of amides is 1. The third-order valence-corrected chi connectivity index (χ3v) is 9.15. The van der Waals surface area contributed by atoms with Gasteiger partial charge in [0, 0.05) is 31.0 Å². The molecular weight excluding hydrogens is 524 g/mol. The number of benzene rings is 1. The molecule has 0 unspecified atom stereocenters. The highest BCUT2D eigenvalue weighted by Crippen LogP contribution is 2.34. The van der Waals surface area contributed by atoms with Crippen molar-refractivity contribution < 1.29 is 9.53 Å². The number of hydrogen-bond acceptors (Lipinski definition) is 6. The van der Waals surface area contributed by atoms with Gasteiger partial charge in [0.1, 0.15) is 12.1 Å². The molecule has 3 aliphatic rings. The molecule has 40 heavy (non-hydrogen) atoms. The lowest BCUT2D eigenvalue weighted by Crippen LogP contribution is -2.45. The summed E-state index contributed by atoms with van der Waals surface area (Å²) in [6.45, 7) is 7.43. The second-order valence-electron chi connectivity index (χ2n) is 11.6. The van der Waals surface area contributed by atoms with Crippen LogP contribution in [0.5, 0.6) is 5.75 Å². The predicted octanol–water partition coefficient (Wildman–Crippen LogP) is 5.45. The number of fused-ring (bicyclic) bond motifs is 1. The van der Waals surface area contributed by atoms with E-state index in [2.05, 4.69) is 32.0 Å². The topological polar surface area (TPSA) is 76.4 Å². The Labute approximate surface area is 243 Å². The van der Waals surface area contributed by atoms with Crippen LogP contribution < -0.4 is 4.74 Å². The van der Waals surface area contributed by atoms with E-state index in [1.165, 1.54) is 45.2 Å². The maximum atomic E-state index is 13.4. The third-order valence-electron chi connectivity index (χ3n) is 9.15. The Balaban J connectivity index is 0.00000323. The van der Waals surface area contributed by atoms with Crippen molar-refractivity contribution in [3.8, 4) is 5.75 Å². The monoisotopic (exact) mass is 566 g/mol. The number of nitrogens with zero attached hydrogens (tertiary/aromatic N) is 6. The van der Waals surface area contributed by atoms with Crippen LogP contribution in [0, 0.1) is 5.92 Å². The number of rotatable bonds is 7. The largest absolute Gasteiger partial charge is 0.494 e. The van der Waals surface area contributed by atoms with Gasteiger partial charge in [0.25, 0.3) is 0 Å². The molecule has 0 N–H and O–H groups in total. The first-order valence-electron chi connectivity index (χ1n) is 15.1. The molecule has 4 heterocycles. The molecule has 8 nitrogen and oxygen atoms in total. The smallest absolute Gasteiger partial charge is 0.225 e. The Kier molecular flexibility index (Phi) is 9.58. The Bertz CT molecular complexity index is 1260. The fourth-order valence-electron chi connectivity index (χ4n) is 7.03. The summed E-state index contributed by atoms with van der Waals surface area (Å²) in [5.41, 5.74) is 3.07. The third kappa shape index (κ3) is 6.28. The van der Waals surface area contributed by atoms with Crippen LogP contribution in [-0.2, 0) is 11.3 Å². The van der Waals surface area contributed by atoms with Crippen LogP contribution >= 0.6 is 12.4 Å². The first-order valence-corrected chi connectivity index (χ1v) is 15.1. The molecule has 1 saturated carbocycles. The zero-order valence-electron chi connectivity index (χ0n) is 23.7. The van der Waals surface area contributed by atoms with Gasteiger partial charge in [-0.3, -0.25) is 4.79 Å². The summed E-state index contributed by atoms with van der Waals surface area (Å²) < 4.78 is 7.61. The summed E-state index contributed by atoms with van der Waals surface area (Å²) in [7, 11) is 0. The van der Waals surface area contributed by atoms with E-state index >= 15 is 0 Å². The Morgan fingerprint density at radius 3 is 2.50 bits per heavy atom. The summed E-state index contributed by atoms with van der Waals surface area (Å²) in [6, 6.07) is 8.85. The van der Waals surface area contributed by atoms with Gasteiger partial charge in [0.05, 0.1) is 30.4 Å². The van der Waals surface area contributed by atoms with Crippen molar-refractivity contribution >= 4 is 29.3 Å². The molecule has 9 heteroatoms. The summed E-state index contributed by atoms with van der Waals surface area (Å²) in [6.07, 6.45) is 14.0. The second kappa shape index (κ2) is 13.3. The number of aromatic nitrogens is 4. The summed E-state index contributed by atoms with van der Waals surface area (Å²) in [4.78, 5) is 27.5. The highest BCUT2D eigenvalue weighted by molar-refractivity contribution is 5.85. The van der Waals surface area contributed by atoms with Gasteiger partial charge in [-0.15, -0.1) is 12.4 Å². The maximum Gasteiger partial charge on any atom is 0.225 e. The lowest BCUT2D eigenvalue weighted by molar-refractivity contribution is -0.138. The van der Waals surface area contributed by atoms with Gasteiger partial charge < -0.3 is 14.5 Å². The molecule has 1 aromatic carbocycles. The van der Waals surface area contributed by atoms with Gasteiger partial charge in [-0.05, 0) is 89.1 Å². The van der Waals surface area contributed by atoms with Crippen LogP contribution in [-0.4, -0.2) is 74.3 Å². The van der Waals surface area contributed by atoms with Gasteiger partial charge in [-0.1, -0.05) is 18.6 Å². The lowest BCUT2D eigenvalue weighted by atomic mass is 9.83. The van der Waals surface area contributed by atoms with Crippen molar-refractivity contribution in [2.24, 2.45) is 5.92 Å². The quantitative estimate of drug-likeness (QED) is 0.379. The SMILES string of the molecule is CCOc1cccc(Cn2ncc3c(C4CCN(C(=O)C5CCC(N6CCCCC6)CC5)CC4)ncnc32)c1.Cl. The fraction of sp³-hybridized carbons (Fsp3) is 0.613. The predicted molar refractivity (Wildman–Crippen MR) is 159 cm³/mol. The van der Waals surface area contributed by atoms with Crippen molar-refractivity contribution in [1.82, 2.24) is 29.5 Å². The Hall–Kier alpha value is -2.71. The van der Waals surface area contributed by atoms with Gasteiger partial charge in [0.15, 0.2) is 5.65 Å². The average Bonchev–Trinajstić information content (AvgIpc) is 3.40. The lowest BCUT2D eigenvalue weighted by Gasteiger charge is -2.40. The first kappa shape index (κ1) is 28.8. The van der Waals surface area contributed by atoms with Crippen LogP contribution in [0.15, 0.2) is 36.8 Å². The Morgan fingerprint density at radius 1 is 0.975 bits per heavy atom. The van der Waals surface area contributed by atoms with Crippen LogP contribution in [0.4, 0.5) is 0 Å². The van der Waals surface area contributed by atoms with E-state index in [0.717, 1.165) is 66.8 Å². The number of likely N-dealkylation sites (tertiary alicyclic amines) is 2. The number of halogens is 1. The molecule has 2 aromatic heterocycles. The summed E-state index contributed by atoms with van der Waals surface area (Å²) in [5, 5.41) is 5.70. The molecule has 3 aromatic rings. The number of ether oxygens (including phenoxy) is 1. The zero-order valence-corrected chi connectivity index (χ0v) is 24.5. The van der Waals surface area contributed by atoms with Crippen LogP contribution in [0.1, 0.15) is 81.9 Å². The summed E-state index contributed by atoms with van der Waals surface area (Å²) in [5.74, 6) is 1.81. The van der Waals surface area contributed by atoms with Gasteiger partial charge >= 0.3 is 0 Å². The zero-order chi connectivity index (χ0) is 26.6. The van der Waals surface area contributed by atoms with E-state index in [1.807, 2.05) is 29.9 Å². The van der Waals surface area contributed by atoms with Gasteiger partial charge in [0.2, 0.25) is 5.91 Å². The van der Waals surface area contributed by atoms with Crippen LogP contribution in [0.3, 0.4) is 0 Å². The molecule has 0 atom stereocenters. The maximum absolute atomic E-state index is 13.4. The molecule has 2 aliphatic heterocycles. The molecule has 6 rings (SSSR count). The standard InChI is InChI=1S/C31H42N6O2.ClH/c1-2-39-27-8-6-7-23(19-27)21-37-30-28(20-34-37)29(32-22-33-30)24-13-17-36(18-14-24)31(38)25-9-11-26(12-10-25)35-15-4-3-5-16-35;/h6-8,19-20,22,24-26H,2-5,9-18,21H2,1H3;1H. The second-order valence-corrected chi connectivity index (χ2v) is 11.6. The van der Waals surface area contributed by atoms with Crippen molar-refractivity contribution in [2.75, 3.05) is 32.8 Å². The van der Waals surface area contributed by atoms with Gasteiger partial charge in [-0.25, -0.2) is 14.6 Å². The molecule has 0 spiro atoms. The van der Waals surface area contributed by atoms with E-state index in [-0.39, 0.29) is 18.3 Å². The highest BCUT2D eigenvalue weighted by atomic mass is 35.5. The molecule has 216 valence electrons. The van der Waals surface area contributed by atoms with E-state index in [0.29, 0.717) is 31.0 Å². The fourth-order valence-corrected chi connectivity index (χ4v) is 7.03. The van der Waals surface area contributed by atoms with E-state index in [1.54, 1.807) is 6.33 Å². The van der Waals surface area contributed by atoms with Crippen LogP contribution in [0.2, 0.25) is 0 Å². The molecule has 0 bridgehead atoms. The molecule has 3 fully saturated rings. The minimum absolute atomic E-state index is 0. The first-order chi connectivity index (χ1) is 19.2. The normalized spacial score (nSPS) is 22.7. The minimum atomic E-state index is 0. The van der Waals surface area contributed by atoms with E-state index in [9.17, 15) is 4.79 Å². The minimum Gasteiger partial charge on any atom is -0.494 e. The molecule has 2 saturated heterocycles. The molecule has 1 aliphatic carbocycles. The molecule has 1 amide bonds. The highest BCUT2D eigenvalue weighted by Gasteiger charge is 2.34. The number of piperidine rings is 2. The number of carbonyl (C=O) groups excluding carboxylic acids is 1. The van der Waals surface area contributed by atoms with E-state index in [4.69, 9.17) is 9.72 Å². The van der Waals surface area contributed by atoms with Crippen LogP contribution in [0.25, 0.3) is 11.0 Å². The van der Waals surface area contributed by atoms with Gasteiger partial charge in [-0.2, -0.15) is 5.10 Å². The molecule has 0 radical (unpaired) electrons. The average molecular weight is 567 g/mol. The number of carbonyl (C=O) groups is 1. The molecular formula is C31H43ClN6O2. The van der Waals surface area contributed by atoms with Crippen molar-refractivity contribution in [1.29, 1.82) is 0 Å². The van der Waals surface area contributed by atoms with Crippen molar-refractivity contribution in [3.05, 3.63) is 48.0 Å². The van der Waals surface area contributed by atoms with E-state index < -0.39 is 0 Å². The Morgan fingerprint density at radius 2 is 1.75 bits per heavy atom.